The fourth-order valence-electron chi connectivity index (χ4n) is 1.40. The average Bonchev–Trinajstić information content (AvgIpc) is 2.24. The Morgan fingerprint density at radius 2 is 2.17 bits per heavy atom. The summed E-state index contributed by atoms with van der Waals surface area (Å²) in [5.74, 6) is 0.375. The zero-order chi connectivity index (χ0) is 13.8. The molecule has 1 N–H and O–H groups in total. The van der Waals surface area contributed by atoms with Crippen molar-refractivity contribution in [2.24, 2.45) is 0 Å². The van der Waals surface area contributed by atoms with Gasteiger partial charge in [-0.05, 0) is 38.8 Å². The number of amides is 1. The number of halogens is 1. The molecule has 1 heterocycles. The summed E-state index contributed by atoms with van der Waals surface area (Å²) in [6.45, 7) is 7.73. The number of alkyl halides is 1. The molecule has 0 radical (unpaired) electrons. The average molecular weight is 271 g/mol. The molecule has 5 heteroatoms. The molecule has 0 saturated heterocycles. The van der Waals surface area contributed by atoms with E-state index in [9.17, 15) is 4.79 Å². The summed E-state index contributed by atoms with van der Waals surface area (Å²) in [6, 6.07) is 1.96. The van der Waals surface area contributed by atoms with E-state index in [1.165, 1.54) is 0 Å². The van der Waals surface area contributed by atoms with E-state index in [0.717, 1.165) is 16.8 Å². The lowest BCUT2D eigenvalue weighted by atomic mass is 10.1. The van der Waals surface area contributed by atoms with Crippen molar-refractivity contribution < 1.29 is 9.53 Å². The SMILES string of the molecule is Cc1cnc(CNC(=O)OC(C)(C)C)c(CCl)c1. The van der Waals surface area contributed by atoms with Gasteiger partial charge in [0.15, 0.2) is 0 Å². The number of carbonyl (C=O) groups excluding carboxylic acids is 1. The molecule has 1 amide bonds. The molecule has 18 heavy (non-hydrogen) atoms. The van der Waals surface area contributed by atoms with Crippen molar-refractivity contribution in [2.45, 2.75) is 45.7 Å². The van der Waals surface area contributed by atoms with Crippen LogP contribution in [-0.2, 0) is 17.2 Å². The molecular weight excluding hydrogens is 252 g/mol. The van der Waals surface area contributed by atoms with E-state index in [4.69, 9.17) is 16.3 Å². The normalized spacial score (nSPS) is 11.2. The van der Waals surface area contributed by atoms with E-state index >= 15 is 0 Å². The number of aryl methyl sites for hydroxylation is 1. The smallest absolute Gasteiger partial charge is 0.407 e. The third kappa shape index (κ3) is 4.92. The second kappa shape index (κ2) is 6.05. The van der Waals surface area contributed by atoms with E-state index in [-0.39, 0.29) is 0 Å². The minimum absolute atomic E-state index is 0.317. The molecule has 1 rings (SSSR count). The number of hydrogen-bond donors (Lipinski definition) is 1. The molecule has 0 bridgehead atoms. The van der Waals surface area contributed by atoms with Crippen LogP contribution in [0.4, 0.5) is 4.79 Å². The summed E-state index contributed by atoms with van der Waals surface area (Å²) < 4.78 is 5.15. The number of hydrogen-bond acceptors (Lipinski definition) is 3. The van der Waals surface area contributed by atoms with Crippen LogP contribution in [0.3, 0.4) is 0 Å². The Kier molecular flexibility index (Phi) is 4.96. The minimum atomic E-state index is -0.500. The van der Waals surface area contributed by atoms with Crippen LogP contribution in [-0.4, -0.2) is 16.7 Å². The maximum atomic E-state index is 11.5. The van der Waals surface area contributed by atoms with Crippen molar-refractivity contribution in [3.05, 3.63) is 29.1 Å². The molecule has 1 aromatic rings. The van der Waals surface area contributed by atoms with Crippen LogP contribution < -0.4 is 5.32 Å². The van der Waals surface area contributed by atoms with Gasteiger partial charge in [0, 0.05) is 12.1 Å². The Morgan fingerprint density at radius 1 is 1.50 bits per heavy atom. The Hall–Kier alpha value is -1.29. The molecule has 1 aromatic heterocycles. The number of nitrogens with one attached hydrogen (secondary N) is 1. The Balaban J connectivity index is 2.61. The highest BCUT2D eigenvalue weighted by Gasteiger charge is 2.16. The van der Waals surface area contributed by atoms with Gasteiger partial charge in [-0.25, -0.2) is 4.79 Å². The molecule has 0 spiro atoms. The Bertz CT molecular complexity index is 427. The first kappa shape index (κ1) is 14.8. The third-order valence-corrected chi connectivity index (χ3v) is 2.43. The number of carbonyl (C=O) groups is 1. The van der Waals surface area contributed by atoms with Crippen LogP contribution in [0.1, 0.15) is 37.6 Å². The highest BCUT2D eigenvalue weighted by molar-refractivity contribution is 6.17. The number of rotatable bonds is 3. The summed E-state index contributed by atoms with van der Waals surface area (Å²) in [7, 11) is 0. The van der Waals surface area contributed by atoms with Gasteiger partial charge in [-0.3, -0.25) is 4.98 Å². The van der Waals surface area contributed by atoms with Crippen LogP contribution >= 0.6 is 11.6 Å². The summed E-state index contributed by atoms with van der Waals surface area (Å²) in [5, 5.41) is 2.67. The summed E-state index contributed by atoms with van der Waals surface area (Å²) in [5.41, 5.74) is 2.24. The summed E-state index contributed by atoms with van der Waals surface area (Å²) in [4.78, 5) is 15.8. The van der Waals surface area contributed by atoms with Crippen LogP contribution in [0.25, 0.3) is 0 Å². The molecule has 0 aliphatic carbocycles. The van der Waals surface area contributed by atoms with Crippen molar-refractivity contribution in [2.75, 3.05) is 0 Å². The fraction of sp³-hybridized carbons (Fsp3) is 0.538. The van der Waals surface area contributed by atoms with Gasteiger partial charge in [-0.2, -0.15) is 0 Å². The molecule has 4 nitrogen and oxygen atoms in total. The molecule has 0 atom stereocenters. The van der Waals surface area contributed by atoms with Gasteiger partial charge in [0.05, 0.1) is 12.2 Å². The number of aromatic nitrogens is 1. The zero-order valence-electron chi connectivity index (χ0n) is 11.2. The van der Waals surface area contributed by atoms with Crippen molar-refractivity contribution in [3.63, 3.8) is 0 Å². The van der Waals surface area contributed by atoms with Crippen molar-refractivity contribution in [3.8, 4) is 0 Å². The van der Waals surface area contributed by atoms with Gasteiger partial charge in [0.2, 0.25) is 0 Å². The monoisotopic (exact) mass is 270 g/mol. The lowest BCUT2D eigenvalue weighted by Crippen LogP contribution is -2.32. The minimum Gasteiger partial charge on any atom is -0.444 e. The highest BCUT2D eigenvalue weighted by atomic mass is 35.5. The van der Waals surface area contributed by atoms with Gasteiger partial charge in [-0.1, -0.05) is 6.07 Å². The quantitative estimate of drug-likeness (QED) is 0.859. The molecule has 0 fully saturated rings. The van der Waals surface area contributed by atoms with Crippen LogP contribution in [0, 0.1) is 6.92 Å². The topological polar surface area (TPSA) is 51.2 Å². The second-order valence-electron chi connectivity index (χ2n) is 5.11. The van der Waals surface area contributed by atoms with Crippen LogP contribution in [0.5, 0.6) is 0 Å². The maximum Gasteiger partial charge on any atom is 0.407 e. The van der Waals surface area contributed by atoms with Gasteiger partial charge < -0.3 is 10.1 Å². The number of pyridine rings is 1. The third-order valence-electron chi connectivity index (χ3n) is 2.14. The van der Waals surface area contributed by atoms with Gasteiger partial charge in [0.1, 0.15) is 5.60 Å². The van der Waals surface area contributed by atoms with E-state index in [0.29, 0.717) is 12.4 Å². The molecular formula is C13H19ClN2O2. The number of alkyl carbamates (subject to hydrolysis) is 1. The van der Waals surface area contributed by atoms with E-state index < -0.39 is 11.7 Å². The highest BCUT2D eigenvalue weighted by Crippen LogP contribution is 2.12. The second-order valence-corrected chi connectivity index (χ2v) is 5.37. The fourth-order valence-corrected chi connectivity index (χ4v) is 1.63. The standard InChI is InChI=1S/C13H19ClN2O2/c1-9-5-10(6-14)11(15-7-9)8-16-12(17)18-13(2,3)4/h5,7H,6,8H2,1-4H3,(H,16,17). The molecule has 100 valence electrons. The van der Waals surface area contributed by atoms with Crippen LogP contribution in [0.15, 0.2) is 12.3 Å². The first-order chi connectivity index (χ1) is 8.31. The van der Waals surface area contributed by atoms with Crippen molar-refractivity contribution >= 4 is 17.7 Å². The van der Waals surface area contributed by atoms with E-state index in [2.05, 4.69) is 10.3 Å². The zero-order valence-corrected chi connectivity index (χ0v) is 12.0. The summed E-state index contributed by atoms with van der Waals surface area (Å²) >= 11 is 5.84. The molecule has 0 aliphatic rings. The molecule has 0 aliphatic heterocycles. The Labute approximate surface area is 113 Å². The maximum absolute atomic E-state index is 11.5. The predicted octanol–water partition coefficient (Wildman–Crippen LogP) is 3.15. The first-order valence-corrected chi connectivity index (χ1v) is 6.32. The lowest BCUT2D eigenvalue weighted by Gasteiger charge is -2.19. The van der Waals surface area contributed by atoms with Gasteiger partial charge in [-0.15, -0.1) is 11.6 Å². The first-order valence-electron chi connectivity index (χ1n) is 5.79. The van der Waals surface area contributed by atoms with Gasteiger partial charge in [0.25, 0.3) is 0 Å². The predicted molar refractivity (Wildman–Crippen MR) is 71.6 cm³/mol. The lowest BCUT2D eigenvalue weighted by molar-refractivity contribution is 0.0523. The molecule has 0 unspecified atom stereocenters. The molecule has 0 saturated carbocycles. The van der Waals surface area contributed by atoms with Gasteiger partial charge >= 0.3 is 6.09 Å². The van der Waals surface area contributed by atoms with Crippen LogP contribution in [0.2, 0.25) is 0 Å². The molecule has 0 aromatic carbocycles. The van der Waals surface area contributed by atoms with E-state index in [1.54, 1.807) is 6.20 Å². The van der Waals surface area contributed by atoms with E-state index in [1.807, 2.05) is 33.8 Å². The van der Waals surface area contributed by atoms with Crippen molar-refractivity contribution in [1.82, 2.24) is 10.3 Å². The Morgan fingerprint density at radius 3 is 2.72 bits per heavy atom. The summed E-state index contributed by atoms with van der Waals surface area (Å²) in [6.07, 6.45) is 1.30. The number of ether oxygens (including phenoxy) is 1. The number of nitrogens with zero attached hydrogens (tertiary/aromatic N) is 1. The largest absolute Gasteiger partial charge is 0.444 e. The van der Waals surface area contributed by atoms with Crippen molar-refractivity contribution in [1.29, 1.82) is 0 Å².